The molecule has 1 unspecified atom stereocenters. The minimum atomic E-state index is -0.162. The van der Waals surface area contributed by atoms with Crippen molar-refractivity contribution < 1.29 is 14.3 Å². The van der Waals surface area contributed by atoms with Gasteiger partial charge in [0.1, 0.15) is 5.75 Å². The van der Waals surface area contributed by atoms with Gasteiger partial charge >= 0.3 is 0 Å². The number of hydrogen-bond donors (Lipinski definition) is 3. The molecule has 6 heteroatoms. The van der Waals surface area contributed by atoms with Gasteiger partial charge < -0.3 is 20.7 Å². The first-order valence-corrected chi connectivity index (χ1v) is 7.05. The lowest BCUT2D eigenvalue weighted by atomic mass is 10.1. The normalized spacial score (nSPS) is 17.3. The summed E-state index contributed by atoms with van der Waals surface area (Å²) in [5.74, 6) is 0.451. The van der Waals surface area contributed by atoms with Gasteiger partial charge in [-0.25, -0.2) is 0 Å². The number of benzene rings is 1. The number of carbonyl (C=O) groups excluding carboxylic acids is 2. The molecule has 1 heterocycles. The molecule has 1 aliphatic heterocycles. The first-order chi connectivity index (χ1) is 10.1. The maximum absolute atomic E-state index is 11.9. The van der Waals surface area contributed by atoms with E-state index in [-0.39, 0.29) is 17.9 Å². The van der Waals surface area contributed by atoms with Crippen LogP contribution in [0.3, 0.4) is 0 Å². The molecule has 1 saturated heterocycles. The molecule has 6 nitrogen and oxygen atoms in total. The van der Waals surface area contributed by atoms with Gasteiger partial charge in [-0.05, 0) is 37.1 Å². The van der Waals surface area contributed by atoms with Gasteiger partial charge in [0, 0.05) is 13.5 Å². The van der Waals surface area contributed by atoms with Crippen LogP contribution in [0, 0.1) is 0 Å². The number of carbonyl (C=O) groups is 2. The van der Waals surface area contributed by atoms with Crippen molar-refractivity contribution in [2.45, 2.75) is 32.4 Å². The Morgan fingerprint density at radius 2 is 2.24 bits per heavy atom. The summed E-state index contributed by atoms with van der Waals surface area (Å²) in [4.78, 5) is 23.1. The molecule has 1 aromatic rings. The molecule has 21 heavy (non-hydrogen) atoms. The summed E-state index contributed by atoms with van der Waals surface area (Å²) in [6, 6.07) is 5.37. The van der Waals surface area contributed by atoms with Crippen molar-refractivity contribution in [1.82, 2.24) is 10.6 Å². The van der Waals surface area contributed by atoms with E-state index >= 15 is 0 Å². The molecule has 0 radical (unpaired) electrons. The van der Waals surface area contributed by atoms with E-state index in [1.165, 1.54) is 6.92 Å². The highest BCUT2D eigenvalue weighted by Gasteiger charge is 2.21. The maximum atomic E-state index is 11.9. The number of anilines is 1. The number of rotatable bonds is 5. The fraction of sp³-hybridized carbons (Fsp3) is 0.467. The van der Waals surface area contributed by atoms with Gasteiger partial charge in [0.2, 0.25) is 11.8 Å². The number of ether oxygens (including phenoxy) is 1. The lowest BCUT2D eigenvalue weighted by Crippen LogP contribution is -2.40. The summed E-state index contributed by atoms with van der Waals surface area (Å²) in [6.45, 7) is 2.76. The van der Waals surface area contributed by atoms with Gasteiger partial charge in [0.05, 0.1) is 18.8 Å². The van der Waals surface area contributed by atoms with Crippen LogP contribution >= 0.6 is 0 Å². The largest absolute Gasteiger partial charge is 0.495 e. The number of hydrogen-bond acceptors (Lipinski definition) is 4. The van der Waals surface area contributed by atoms with Crippen LogP contribution in [-0.2, 0) is 16.1 Å². The molecule has 114 valence electrons. The second kappa shape index (κ2) is 7.08. The van der Waals surface area contributed by atoms with E-state index in [1.807, 2.05) is 12.1 Å². The molecule has 0 bridgehead atoms. The molecule has 2 amide bonds. The Morgan fingerprint density at radius 3 is 2.86 bits per heavy atom. The van der Waals surface area contributed by atoms with E-state index in [0.29, 0.717) is 18.0 Å². The van der Waals surface area contributed by atoms with Gasteiger partial charge in [0.15, 0.2) is 0 Å². The Labute approximate surface area is 124 Å². The molecule has 0 aromatic heterocycles. The first-order valence-electron chi connectivity index (χ1n) is 7.05. The summed E-state index contributed by atoms with van der Waals surface area (Å²) < 4.78 is 5.20. The average Bonchev–Trinajstić information content (AvgIpc) is 2.98. The summed E-state index contributed by atoms with van der Waals surface area (Å²) in [5.41, 5.74) is 1.52. The zero-order valence-electron chi connectivity index (χ0n) is 12.4. The van der Waals surface area contributed by atoms with Crippen molar-refractivity contribution in [2.24, 2.45) is 0 Å². The van der Waals surface area contributed by atoms with Crippen LogP contribution < -0.4 is 20.7 Å². The fourth-order valence-corrected chi connectivity index (χ4v) is 2.37. The summed E-state index contributed by atoms with van der Waals surface area (Å²) in [7, 11) is 1.55. The SMILES string of the molecule is COc1ccc(CNC(=O)C2CCCN2)cc1NC(C)=O. The van der Waals surface area contributed by atoms with Crippen molar-refractivity contribution in [3.63, 3.8) is 0 Å². The molecule has 1 atom stereocenters. The lowest BCUT2D eigenvalue weighted by molar-refractivity contribution is -0.123. The summed E-state index contributed by atoms with van der Waals surface area (Å²) >= 11 is 0. The van der Waals surface area contributed by atoms with E-state index in [4.69, 9.17) is 4.74 Å². The molecule has 0 saturated carbocycles. The second-order valence-electron chi connectivity index (χ2n) is 5.08. The third kappa shape index (κ3) is 4.19. The smallest absolute Gasteiger partial charge is 0.237 e. The topological polar surface area (TPSA) is 79.5 Å². The third-order valence-electron chi connectivity index (χ3n) is 3.42. The van der Waals surface area contributed by atoms with E-state index in [1.54, 1.807) is 13.2 Å². The number of methoxy groups -OCH3 is 1. The second-order valence-corrected chi connectivity index (χ2v) is 5.08. The Bertz CT molecular complexity index is 525. The van der Waals surface area contributed by atoms with E-state index in [0.717, 1.165) is 24.9 Å². The summed E-state index contributed by atoms with van der Waals surface area (Å²) in [5, 5.41) is 8.78. The number of nitrogens with one attached hydrogen (secondary N) is 3. The van der Waals surface area contributed by atoms with Crippen molar-refractivity contribution in [2.75, 3.05) is 19.0 Å². The Balaban J connectivity index is 1.99. The molecule has 1 fully saturated rings. The van der Waals surface area contributed by atoms with Crippen LogP contribution in [-0.4, -0.2) is 31.5 Å². The third-order valence-corrected chi connectivity index (χ3v) is 3.42. The molecule has 1 aliphatic rings. The van der Waals surface area contributed by atoms with Crippen LogP contribution in [0.5, 0.6) is 5.75 Å². The van der Waals surface area contributed by atoms with Crippen LogP contribution in [0.25, 0.3) is 0 Å². The van der Waals surface area contributed by atoms with E-state index in [2.05, 4.69) is 16.0 Å². The van der Waals surface area contributed by atoms with Crippen molar-refractivity contribution in [3.05, 3.63) is 23.8 Å². The fourth-order valence-electron chi connectivity index (χ4n) is 2.37. The van der Waals surface area contributed by atoms with Crippen molar-refractivity contribution in [3.8, 4) is 5.75 Å². The minimum absolute atomic E-state index is 0.0180. The van der Waals surface area contributed by atoms with Crippen LogP contribution in [0.15, 0.2) is 18.2 Å². The maximum Gasteiger partial charge on any atom is 0.237 e. The van der Waals surface area contributed by atoms with Crippen molar-refractivity contribution in [1.29, 1.82) is 0 Å². The highest BCUT2D eigenvalue weighted by atomic mass is 16.5. The average molecular weight is 291 g/mol. The van der Waals surface area contributed by atoms with Crippen LogP contribution in [0.2, 0.25) is 0 Å². The van der Waals surface area contributed by atoms with Gasteiger partial charge in [-0.1, -0.05) is 6.07 Å². The van der Waals surface area contributed by atoms with Crippen LogP contribution in [0.4, 0.5) is 5.69 Å². The quantitative estimate of drug-likeness (QED) is 0.757. The van der Waals surface area contributed by atoms with Gasteiger partial charge in [-0.2, -0.15) is 0 Å². The molecule has 0 aliphatic carbocycles. The van der Waals surface area contributed by atoms with E-state index < -0.39 is 0 Å². The van der Waals surface area contributed by atoms with E-state index in [9.17, 15) is 9.59 Å². The van der Waals surface area contributed by atoms with Crippen LogP contribution in [0.1, 0.15) is 25.3 Å². The van der Waals surface area contributed by atoms with Gasteiger partial charge in [-0.15, -0.1) is 0 Å². The highest BCUT2D eigenvalue weighted by Crippen LogP contribution is 2.25. The first kappa shape index (κ1) is 15.3. The Morgan fingerprint density at radius 1 is 1.43 bits per heavy atom. The van der Waals surface area contributed by atoms with Gasteiger partial charge in [-0.3, -0.25) is 9.59 Å². The Hall–Kier alpha value is -2.08. The lowest BCUT2D eigenvalue weighted by Gasteiger charge is -2.13. The standard InChI is InChI=1S/C15H21N3O3/c1-10(19)18-13-8-11(5-6-14(13)21-2)9-17-15(20)12-4-3-7-16-12/h5-6,8,12,16H,3-4,7,9H2,1-2H3,(H,17,20)(H,18,19). The summed E-state index contributed by atoms with van der Waals surface area (Å²) in [6.07, 6.45) is 1.92. The minimum Gasteiger partial charge on any atom is -0.495 e. The van der Waals surface area contributed by atoms with Gasteiger partial charge in [0.25, 0.3) is 0 Å². The predicted molar refractivity (Wildman–Crippen MR) is 80.2 cm³/mol. The Kier molecular flexibility index (Phi) is 5.16. The highest BCUT2D eigenvalue weighted by molar-refractivity contribution is 5.90. The molecule has 0 spiro atoms. The monoisotopic (exact) mass is 291 g/mol. The molecular weight excluding hydrogens is 270 g/mol. The zero-order chi connectivity index (χ0) is 15.2. The number of amides is 2. The molecular formula is C15H21N3O3. The van der Waals surface area contributed by atoms with Crippen molar-refractivity contribution >= 4 is 17.5 Å². The predicted octanol–water partition coefficient (Wildman–Crippen LogP) is 1.02. The molecule has 3 N–H and O–H groups in total. The zero-order valence-corrected chi connectivity index (χ0v) is 12.4. The molecule has 2 rings (SSSR count). The molecule has 1 aromatic carbocycles.